The fourth-order valence-corrected chi connectivity index (χ4v) is 1.02. The van der Waals surface area contributed by atoms with Gasteiger partial charge in [0.2, 0.25) is 5.91 Å². The number of carbonyl (C=O) groups is 2. The number of halogens is 1. The molecule has 6 heteroatoms. The molecule has 0 aromatic carbocycles. The maximum atomic E-state index is 12.5. The van der Waals surface area contributed by atoms with Crippen molar-refractivity contribution in [3.63, 3.8) is 0 Å². The lowest BCUT2D eigenvalue weighted by molar-refractivity contribution is -0.136. The lowest BCUT2D eigenvalue weighted by Crippen LogP contribution is -2.34. The molecule has 0 aliphatic rings. The number of aliphatic carboxylic acids is 1. The van der Waals surface area contributed by atoms with E-state index in [-0.39, 0.29) is 5.82 Å². The van der Waals surface area contributed by atoms with Gasteiger partial charge in [-0.15, -0.1) is 0 Å². The van der Waals surface area contributed by atoms with Crippen molar-refractivity contribution in [2.24, 2.45) is 0 Å². The molecule has 0 saturated heterocycles. The molecule has 15 heavy (non-hydrogen) atoms. The second kappa shape index (κ2) is 4.50. The van der Waals surface area contributed by atoms with E-state index in [0.717, 1.165) is 17.2 Å². The zero-order chi connectivity index (χ0) is 11.4. The third-order valence-electron chi connectivity index (χ3n) is 1.66. The summed E-state index contributed by atoms with van der Waals surface area (Å²) in [6.07, 6.45) is 0.924. The minimum atomic E-state index is -1.16. The van der Waals surface area contributed by atoms with Gasteiger partial charge in [-0.05, 0) is 12.1 Å². The number of hydrogen-bond acceptors (Lipinski definition) is 3. The van der Waals surface area contributed by atoms with E-state index in [1.165, 1.54) is 13.0 Å². The van der Waals surface area contributed by atoms with Crippen molar-refractivity contribution in [1.82, 2.24) is 4.98 Å². The summed E-state index contributed by atoms with van der Waals surface area (Å²) in [5.41, 5.74) is 0. The normalized spacial score (nSPS) is 9.73. The van der Waals surface area contributed by atoms with E-state index in [2.05, 4.69) is 4.98 Å². The first kappa shape index (κ1) is 11.1. The molecule has 0 atom stereocenters. The molecule has 80 valence electrons. The maximum absolute atomic E-state index is 12.5. The Morgan fingerprint density at radius 3 is 2.60 bits per heavy atom. The SMILES string of the molecule is CC(=O)N(CC(=O)O)c1ccc(F)cn1. The van der Waals surface area contributed by atoms with Crippen LogP contribution in [0.4, 0.5) is 10.2 Å². The maximum Gasteiger partial charge on any atom is 0.323 e. The monoisotopic (exact) mass is 212 g/mol. The summed E-state index contributed by atoms with van der Waals surface area (Å²) in [4.78, 5) is 26.1. The molecule has 5 nitrogen and oxygen atoms in total. The number of aromatic nitrogens is 1. The highest BCUT2D eigenvalue weighted by Crippen LogP contribution is 2.10. The van der Waals surface area contributed by atoms with Crippen LogP contribution in [0.3, 0.4) is 0 Å². The van der Waals surface area contributed by atoms with Gasteiger partial charge in [0.05, 0.1) is 6.20 Å². The first-order chi connectivity index (χ1) is 7.00. The first-order valence-electron chi connectivity index (χ1n) is 4.12. The van der Waals surface area contributed by atoms with Crippen LogP contribution in [0.2, 0.25) is 0 Å². The molecule has 0 aliphatic carbocycles. The van der Waals surface area contributed by atoms with Crippen molar-refractivity contribution in [3.8, 4) is 0 Å². The topological polar surface area (TPSA) is 70.5 Å². The zero-order valence-electron chi connectivity index (χ0n) is 7.98. The lowest BCUT2D eigenvalue weighted by atomic mass is 10.4. The van der Waals surface area contributed by atoms with Gasteiger partial charge in [-0.3, -0.25) is 14.5 Å². The van der Waals surface area contributed by atoms with Crippen LogP contribution in [0.1, 0.15) is 6.92 Å². The van der Waals surface area contributed by atoms with Crippen molar-refractivity contribution in [1.29, 1.82) is 0 Å². The fraction of sp³-hybridized carbons (Fsp3) is 0.222. The molecule has 0 radical (unpaired) electrons. The number of amides is 1. The number of carboxylic acids is 1. The van der Waals surface area contributed by atoms with Gasteiger partial charge >= 0.3 is 5.97 Å². The molecule has 0 aliphatic heterocycles. The molecule has 0 bridgehead atoms. The molecule has 1 aromatic heterocycles. The predicted octanol–water partition coefficient (Wildman–Crippen LogP) is 0.658. The number of rotatable bonds is 3. The summed E-state index contributed by atoms with van der Waals surface area (Å²) < 4.78 is 12.5. The van der Waals surface area contributed by atoms with E-state index in [9.17, 15) is 14.0 Å². The average molecular weight is 212 g/mol. The number of anilines is 1. The van der Waals surface area contributed by atoms with Crippen molar-refractivity contribution >= 4 is 17.7 Å². The van der Waals surface area contributed by atoms with Crippen LogP contribution < -0.4 is 4.90 Å². The van der Waals surface area contributed by atoms with Crippen molar-refractivity contribution in [2.75, 3.05) is 11.4 Å². The Kier molecular flexibility index (Phi) is 3.33. The molecule has 0 saturated carbocycles. The van der Waals surface area contributed by atoms with Crippen LogP contribution in [0.15, 0.2) is 18.3 Å². The number of hydrogen-bond donors (Lipinski definition) is 1. The average Bonchev–Trinajstić information content (AvgIpc) is 2.15. The Bertz CT molecular complexity index is 377. The van der Waals surface area contributed by atoms with E-state index in [1.807, 2.05) is 0 Å². The Morgan fingerprint density at radius 2 is 2.20 bits per heavy atom. The highest BCUT2D eigenvalue weighted by Gasteiger charge is 2.15. The van der Waals surface area contributed by atoms with Crippen LogP contribution in [0, 0.1) is 5.82 Å². The Labute approximate surface area is 85.2 Å². The summed E-state index contributed by atoms with van der Waals surface area (Å²) in [6.45, 7) is 0.724. The van der Waals surface area contributed by atoms with Crippen LogP contribution in [-0.4, -0.2) is 28.5 Å². The van der Waals surface area contributed by atoms with Crippen molar-refractivity contribution < 1.29 is 19.1 Å². The molecule has 1 rings (SSSR count). The van der Waals surface area contributed by atoms with Gasteiger partial charge in [0.15, 0.2) is 0 Å². The van der Waals surface area contributed by atoms with Gasteiger partial charge < -0.3 is 5.11 Å². The summed E-state index contributed by atoms with van der Waals surface area (Å²) in [5.74, 6) is -2.04. The lowest BCUT2D eigenvalue weighted by Gasteiger charge is -2.17. The van der Waals surface area contributed by atoms with Crippen LogP contribution in [-0.2, 0) is 9.59 Å². The Morgan fingerprint density at radius 1 is 1.53 bits per heavy atom. The largest absolute Gasteiger partial charge is 0.480 e. The second-order valence-corrected chi connectivity index (χ2v) is 2.83. The molecule has 1 N–H and O–H groups in total. The quantitative estimate of drug-likeness (QED) is 0.798. The third-order valence-corrected chi connectivity index (χ3v) is 1.66. The molecular weight excluding hydrogens is 203 g/mol. The smallest absolute Gasteiger partial charge is 0.323 e. The fourth-order valence-electron chi connectivity index (χ4n) is 1.02. The van der Waals surface area contributed by atoms with E-state index in [1.54, 1.807) is 0 Å². The van der Waals surface area contributed by atoms with Gasteiger partial charge in [-0.2, -0.15) is 0 Å². The second-order valence-electron chi connectivity index (χ2n) is 2.83. The zero-order valence-corrected chi connectivity index (χ0v) is 7.98. The molecule has 0 fully saturated rings. The summed E-state index contributed by atoms with van der Waals surface area (Å²) in [7, 11) is 0. The van der Waals surface area contributed by atoms with Gasteiger partial charge in [-0.25, -0.2) is 9.37 Å². The highest BCUT2D eigenvalue weighted by molar-refractivity contribution is 5.94. The minimum Gasteiger partial charge on any atom is -0.480 e. The first-order valence-corrected chi connectivity index (χ1v) is 4.12. The summed E-state index contributed by atoms with van der Waals surface area (Å²) in [6, 6.07) is 2.36. The van der Waals surface area contributed by atoms with E-state index >= 15 is 0 Å². The van der Waals surface area contributed by atoms with Gasteiger partial charge in [-0.1, -0.05) is 0 Å². The number of carbonyl (C=O) groups excluding carboxylic acids is 1. The standard InChI is InChI=1S/C9H9FN2O3/c1-6(13)12(5-9(14)15)8-3-2-7(10)4-11-8/h2-4H,5H2,1H3,(H,14,15). The van der Waals surface area contributed by atoms with Crippen molar-refractivity contribution in [3.05, 3.63) is 24.1 Å². The summed E-state index contributed by atoms with van der Waals surface area (Å²) in [5, 5.41) is 8.55. The Hall–Kier alpha value is -1.98. The van der Waals surface area contributed by atoms with Crippen LogP contribution in [0.25, 0.3) is 0 Å². The summed E-state index contributed by atoms with van der Waals surface area (Å²) >= 11 is 0. The molecule has 0 unspecified atom stereocenters. The van der Waals surface area contributed by atoms with Crippen LogP contribution >= 0.6 is 0 Å². The number of pyridine rings is 1. The van der Waals surface area contributed by atoms with Crippen LogP contribution in [0.5, 0.6) is 0 Å². The molecule has 1 heterocycles. The third kappa shape index (κ3) is 3.01. The van der Waals surface area contributed by atoms with Crippen molar-refractivity contribution in [2.45, 2.75) is 6.92 Å². The minimum absolute atomic E-state index is 0.117. The molecular formula is C9H9FN2O3. The molecule has 0 spiro atoms. The molecule has 1 aromatic rings. The Balaban J connectivity index is 2.94. The van der Waals surface area contributed by atoms with Gasteiger partial charge in [0.25, 0.3) is 0 Å². The highest BCUT2D eigenvalue weighted by atomic mass is 19.1. The van der Waals surface area contributed by atoms with E-state index in [0.29, 0.717) is 0 Å². The van der Waals surface area contributed by atoms with E-state index < -0.39 is 24.2 Å². The predicted molar refractivity (Wildman–Crippen MR) is 49.9 cm³/mol. The van der Waals surface area contributed by atoms with E-state index in [4.69, 9.17) is 5.11 Å². The van der Waals surface area contributed by atoms with Gasteiger partial charge in [0.1, 0.15) is 18.2 Å². The molecule has 1 amide bonds. The van der Waals surface area contributed by atoms with Gasteiger partial charge in [0, 0.05) is 6.92 Å². The number of carboxylic acid groups (broad SMARTS) is 1. The number of nitrogens with zero attached hydrogens (tertiary/aromatic N) is 2.